The number of nitrogens with one attached hydrogen (secondary N) is 1. The third kappa shape index (κ3) is 7.32. The molecule has 23 heavy (non-hydrogen) atoms. The van der Waals surface area contributed by atoms with E-state index in [2.05, 4.69) is 42.1 Å². The van der Waals surface area contributed by atoms with Crippen LogP contribution in [0, 0.1) is 0 Å². The van der Waals surface area contributed by atoms with Crippen molar-refractivity contribution in [2.24, 2.45) is 5.73 Å². The van der Waals surface area contributed by atoms with Crippen molar-refractivity contribution < 1.29 is 14.7 Å². The Balaban J connectivity index is 2.62. The summed E-state index contributed by atoms with van der Waals surface area (Å²) >= 11 is 6.87. The number of carbonyl (C=O) groups excluding carboxylic acids is 1. The number of anilines is 2. The molecule has 1 aromatic carbocycles. The number of nitrogens with zero attached hydrogens (tertiary/aromatic N) is 1. The summed E-state index contributed by atoms with van der Waals surface area (Å²) in [5.74, 6) is -1.34. The molecule has 0 radical (unpaired) electrons. The maximum atomic E-state index is 11.9. The van der Waals surface area contributed by atoms with E-state index < -0.39 is 12.0 Å². The Morgan fingerprint density at radius 3 is 2.22 bits per heavy atom. The van der Waals surface area contributed by atoms with Gasteiger partial charge < -0.3 is 21.1 Å². The Bertz CT molecular complexity index is 505. The molecule has 0 saturated carbocycles. The van der Waals surface area contributed by atoms with Gasteiger partial charge in [0.05, 0.1) is 6.04 Å². The van der Waals surface area contributed by atoms with Crippen LogP contribution in [0.4, 0.5) is 11.4 Å². The van der Waals surface area contributed by atoms with Gasteiger partial charge in [0.25, 0.3) is 0 Å². The largest absolute Gasteiger partial charge is 0.481 e. The molecule has 0 fully saturated rings. The van der Waals surface area contributed by atoms with E-state index in [0.29, 0.717) is 5.69 Å². The Morgan fingerprint density at radius 1 is 1.17 bits per heavy atom. The average Bonchev–Trinajstić information content (AvgIpc) is 2.53. The summed E-state index contributed by atoms with van der Waals surface area (Å²) in [5, 5.41) is 13.1. The Hall–Kier alpha value is -1.12. The van der Waals surface area contributed by atoms with E-state index in [0.717, 1.165) is 29.4 Å². The molecule has 128 valence electrons. The van der Waals surface area contributed by atoms with E-state index in [1.807, 2.05) is 24.3 Å². The number of carboxylic acid groups (broad SMARTS) is 1. The zero-order chi connectivity index (χ0) is 17.2. The number of aliphatic carboxylic acids is 1. The number of nitrogens with two attached hydrogens (primary N) is 1. The molecule has 6 nitrogen and oxygen atoms in total. The zero-order valence-electron chi connectivity index (χ0n) is 12.7. The SMILES string of the molecule is N[C@@H](CCC(=O)O)C(=O)Nc1ccc(N(CCBr)CCBr)cc1. The third-order valence-electron chi connectivity index (χ3n) is 3.21. The van der Waals surface area contributed by atoms with E-state index >= 15 is 0 Å². The molecule has 0 aliphatic heterocycles. The highest BCUT2D eigenvalue weighted by atomic mass is 79.9. The standard InChI is InChI=1S/C15H21Br2N3O3/c16-7-9-20(10-8-17)12-3-1-11(2-4-12)19-15(23)13(18)5-6-14(21)22/h1-4,13H,5-10,18H2,(H,19,23)(H,21,22)/t13-/m0/s1. The van der Waals surface area contributed by atoms with Crippen molar-refractivity contribution in [1.29, 1.82) is 0 Å². The molecule has 0 aliphatic carbocycles. The predicted octanol–water partition coefficient (Wildman–Crippen LogP) is 2.41. The number of halogens is 2. The Morgan fingerprint density at radius 2 is 1.74 bits per heavy atom. The topological polar surface area (TPSA) is 95.7 Å². The van der Waals surface area contributed by atoms with Gasteiger partial charge in [-0.1, -0.05) is 31.9 Å². The molecule has 0 saturated heterocycles. The fraction of sp³-hybridized carbons (Fsp3) is 0.467. The molecule has 0 aromatic heterocycles. The lowest BCUT2D eigenvalue weighted by Crippen LogP contribution is -2.36. The van der Waals surface area contributed by atoms with Crippen LogP contribution in [-0.2, 0) is 9.59 Å². The fourth-order valence-electron chi connectivity index (χ4n) is 1.97. The first-order valence-corrected chi connectivity index (χ1v) is 9.47. The van der Waals surface area contributed by atoms with E-state index in [-0.39, 0.29) is 18.7 Å². The summed E-state index contributed by atoms with van der Waals surface area (Å²) < 4.78 is 0. The summed E-state index contributed by atoms with van der Waals surface area (Å²) in [4.78, 5) is 24.6. The van der Waals surface area contributed by atoms with Crippen LogP contribution < -0.4 is 16.0 Å². The monoisotopic (exact) mass is 449 g/mol. The molecular formula is C15H21Br2N3O3. The quantitative estimate of drug-likeness (QED) is 0.475. The zero-order valence-corrected chi connectivity index (χ0v) is 15.8. The van der Waals surface area contributed by atoms with Crippen molar-refractivity contribution in [3.63, 3.8) is 0 Å². The molecule has 4 N–H and O–H groups in total. The second-order valence-corrected chi connectivity index (χ2v) is 6.53. The number of benzene rings is 1. The van der Waals surface area contributed by atoms with Crippen molar-refractivity contribution in [2.45, 2.75) is 18.9 Å². The molecule has 1 aromatic rings. The number of hydrogen-bond acceptors (Lipinski definition) is 4. The molecule has 0 heterocycles. The summed E-state index contributed by atoms with van der Waals surface area (Å²) in [7, 11) is 0. The third-order valence-corrected chi connectivity index (χ3v) is 3.92. The number of carbonyl (C=O) groups is 2. The first-order valence-electron chi connectivity index (χ1n) is 7.23. The second kappa shape index (κ2) is 10.6. The van der Waals surface area contributed by atoms with Crippen LogP contribution in [0.1, 0.15) is 12.8 Å². The first-order chi connectivity index (χ1) is 11.0. The Kier molecular flexibility index (Phi) is 9.20. The molecule has 8 heteroatoms. The van der Waals surface area contributed by atoms with E-state index in [9.17, 15) is 9.59 Å². The van der Waals surface area contributed by atoms with E-state index in [1.165, 1.54) is 0 Å². The van der Waals surface area contributed by atoms with Crippen LogP contribution in [0.25, 0.3) is 0 Å². The number of amides is 1. The second-order valence-electron chi connectivity index (χ2n) is 4.94. The molecule has 0 spiro atoms. The van der Waals surface area contributed by atoms with Crippen LogP contribution in [0.2, 0.25) is 0 Å². The van der Waals surface area contributed by atoms with Crippen molar-refractivity contribution >= 4 is 55.1 Å². The number of rotatable bonds is 10. The number of carboxylic acids is 1. The molecule has 0 bridgehead atoms. The average molecular weight is 451 g/mol. The highest BCUT2D eigenvalue weighted by molar-refractivity contribution is 9.09. The molecule has 1 amide bonds. The summed E-state index contributed by atoms with van der Waals surface area (Å²) in [6, 6.07) is 6.66. The molecule has 0 unspecified atom stereocenters. The normalized spacial score (nSPS) is 11.8. The molecule has 1 rings (SSSR count). The predicted molar refractivity (Wildman–Crippen MR) is 99.7 cm³/mol. The van der Waals surface area contributed by atoms with E-state index in [1.54, 1.807) is 0 Å². The van der Waals surface area contributed by atoms with Crippen LogP contribution in [0.15, 0.2) is 24.3 Å². The van der Waals surface area contributed by atoms with Gasteiger partial charge in [0.1, 0.15) is 0 Å². The number of alkyl halides is 2. The van der Waals surface area contributed by atoms with Gasteiger partial charge in [-0.25, -0.2) is 0 Å². The van der Waals surface area contributed by atoms with E-state index in [4.69, 9.17) is 10.8 Å². The van der Waals surface area contributed by atoms with Gasteiger partial charge in [-0.15, -0.1) is 0 Å². The maximum Gasteiger partial charge on any atom is 0.303 e. The number of hydrogen-bond donors (Lipinski definition) is 3. The Labute approximate surface area is 152 Å². The van der Waals surface area contributed by atoms with Gasteiger partial charge in [0.2, 0.25) is 5.91 Å². The minimum Gasteiger partial charge on any atom is -0.481 e. The van der Waals surface area contributed by atoms with Crippen LogP contribution >= 0.6 is 31.9 Å². The van der Waals surface area contributed by atoms with Crippen LogP contribution in [-0.4, -0.2) is 46.8 Å². The fourth-order valence-corrected chi connectivity index (χ4v) is 2.83. The summed E-state index contributed by atoms with van der Waals surface area (Å²) in [6.07, 6.45) is -0.00883. The smallest absolute Gasteiger partial charge is 0.303 e. The maximum absolute atomic E-state index is 11.9. The van der Waals surface area contributed by atoms with Gasteiger partial charge in [0.15, 0.2) is 0 Å². The van der Waals surface area contributed by atoms with Gasteiger partial charge in [-0.3, -0.25) is 9.59 Å². The van der Waals surface area contributed by atoms with Crippen molar-refractivity contribution in [3.8, 4) is 0 Å². The van der Waals surface area contributed by atoms with Crippen molar-refractivity contribution in [2.75, 3.05) is 34.0 Å². The first kappa shape index (κ1) is 19.9. The van der Waals surface area contributed by atoms with Crippen molar-refractivity contribution in [3.05, 3.63) is 24.3 Å². The lowest BCUT2D eigenvalue weighted by molar-refractivity contribution is -0.137. The van der Waals surface area contributed by atoms with Crippen LogP contribution in [0.5, 0.6) is 0 Å². The van der Waals surface area contributed by atoms with Crippen LogP contribution in [0.3, 0.4) is 0 Å². The molecule has 1 atom stereocenters. The van der Waals surface area contributed by atoms with Gasteiger partial charge >= 0.3 is 5.97 Å². The van der Waals surface area contributed by atoms with Gasteiger partial charge in [0, 0.05) is 41.5 Å². The van der Waals surface area contributed by atoms with Gasteiger partial charge in [-0.2, -0.15) is 0 Å². The summed E-state index contributed by atoms with van der Waals surface area (Å²) in [6.45, 7) is 1.77. The minimum absolute atomic E-state index is 0.115. The lowest BCUT2D eigenvalue weighted by atomic mass is 10.1. The highest BCUT2D eigenvalue weighted by Crippen LogP contribution is 2.18. The van der Waals surface area contributed by atoms with Gasteiger partial charge in [-0.05, 0) is 30.7 Å². The molecular weight excluding hydrogens is 430 g/mol. The van der Waals surface area contributed by atoms with Crippen molar-refractivity contribution in [1.82, 2.24) is 0 Å². The lowest BCUT2D eigenvalue weighted by Gasteiger charge is -2.23. The minimum atomic E-state index is -0.962. The molecule has 0 aliphatic rings. The summed E-state index contributed by atoms with van der Waals surface area (Å²) in [5.41, 5.74) is 7.38. The highest BCUT2D eigenvalue weighted by Gasteiger charge is 2.15.